The van der Waals surface area contributed by atoms with Crippen molar-refractivity contribution in [1.29, 1.82) is 0 Å². The van der Waals surface area contributed by atoms with Gasteiger partial charge in [-0.1, -0.05) is 54.6 Å². The molecule has 0 saturated heterocycles. The van der Waals surface area contributed by atoms with Gasteiger partial charge < -0.3 is 10.1 Å². The highest BCUT2D eigenvalue weighted by atomic mass is 16.5. The molecule has 3 aromatic carbocycles. The van der Waals surface area contributed by atoms with Crippen molar-refractivity contribution in [3.05, 3.63) is 101 Å². The van der Waals surface area contributed by atoms with Crippen LogP contribution in [-0.2, 0) is 13.2 Å². The van der Waals surface area contributed by atoms with E-state index in [0.29, 0.717) is 18.7 Å². The van der Waals surface area contributed by atoms with Gasteiger partial charge in [-0.05, 0) is 34.9 Å². The second-order valence-corrected chi connectivity index (χ2v) is 6.51. The highest BCUT2D eigenvalue weighted by Gasteiger charge is 2.23. The number of hydrogen-bond acceptors (Lipinski definition) is 4. The maximum absolute atomic E-state index is 11.6. The van der Waals surface area contributed by atoms with E-state index in [4.69, 9.17) is 10.6 Å². The Morgan fingerprint density at radius 2 is 1.67 bits per heavy atom. The fraction of sp³-hybridized carbons (Fsp3) is 0.136. The van der Waals surface area contributed by atoms with Crippen LogP contribution in [0.15, 0.2) is 72.8 Å². The summed E-state index contributed by atoms with van der Waals surface area (Å²) in [7, 11) is 0. The van der Waals surface area contributed by atoms with E-state index in [1.165, 1.54) is 11.1 Å². The third-order valence-corrected chi connectivity index (χ3v) is 4.84. The Hall–Kier alpha value is -3.15. The molecular formula is C22H21N3O2. The van der Waals surface area contributed by atoms with Gasteiger partial charge >= 0.3 is 0 Å². The molecule has 1 atom stereocenters. The van der Waals surface area contributed by atoms with Gasteiger partial charge in [0.25, 0.3) is 5.91 Å². The maximum atomic E-state index is 11.6. The molecule has 0 spiro atoms. The predicted molar refractivity (Wildman–Crippen MR) is 104 cm³/mol. The summed E-state index contributed by atoms with van der Waals surface area (Å²) in [5.74, 6) is 5.79. The number of carbonyl (C=O) groups is 1. The second kappa shape index (κ2) is 7.61. The predicted octanol–water partition coefficient (Wildman–Crippen LogP) is 3.06. The molecular weight excluding hydrogens is 338 g/mol. The topological polar surface area (TPSA) is 76.4 Å². The molecule has 136 valence electrons. The van der Waals surface area contributed by atoms with E-state index in [2.05, 4.69) is 35.0 Å². The summed E-state index contributed by atoms with van der Waals surface area (Å²) < 4.78 is 6.02. The van der Waals surface area contributed by atoms with Crippen LogP contribution >= 0.6 is 0 Å². The van der Waals surface area contributed by atoms with E-state index in [0.717, 1.165) is 16.9 Å². The molecule has 5 heteroatoms. The average molecular weight is 359 g/mol. The van der Waals surface area contributed by atoms with Crippen LogP contribution in [0.4, 0.5) is 0 Å². The van der Waals surface area contributed by atoms with Crippen molar-refractivity contribution in [2.45, 2.75) is 19.2 Å². The third-order valence-electron chi connectivity index (χ3n) is 4.84. The minimum atomic E-state index is -0.293. The Kier molecular flexibility index (Phi) is 4.87. The number of nitrogen functional groups attached to an aromatic ring is 1. The zero-order valence-corrected chi connectivity index (χ0v) is 14.8. The van der Waals surface area contributed by atoms with E-state index < -0.39 is 0 Å². The summed E-state index contributed by atoms with van der Waals surface area (Å²) in [4.78, 5) is 11.6. The van der Waals surface area contributed by atoms with Crippen LogP contribution in [-0.4, -0.2) is 5.91 Å². The van der Waals surface area contributed by atoms with Gasteiger partial charge in [0.2, 0.25) is 0 Å². The number of amides is 1. The summed E-state index contributed by atoms with van der Waals surface area (Å²) >= 11 is 0. The SMILES string of the molecule is NNC(=O)c1ccc(CNC2c3ccccc3COc3ccccc32)cc1. The van der Waals surface area contributed by atoms with Gasteiger partial charge in [0.05, 0.1) is 6.04 Å². The lowest BCUT2D eigenvalue weighted by Crippen LogP contribution is -2.30. The van der Waals surface area contributed by atoms with Gasteiger partial charge in [0.15, 0.2) is 0 Å². The van der Waals surface area contributed by atoms with Gasteiger partial charge in [-0.25, -0.2) is 5.84 Å². The number of para-hydroxylation sites is 1. The van der Waals surface area contributed by atoms with Crippen molar-refractivity contribution < 1.29 is 9.53 Å². The highest BCUT2D eigenvalue weighted by molar-refractivity contribution is 5.93. The number of carbonyl (C=O) groups excluding carboxylic acids is 1. The highest BCUT2D eigenvalue weighted by Crippen LogP contribution is 2.35. The Balaban J connectivity index is 1.60. The molecule has 0 saturated carbocycles. The van der Waals surface area contributed by atoms with Crippen molar-refractivity contribution in [2.75, 3.05) is 0 Å². The van der Waals surface area contributed by atoms with Gasteiger partial charge in [-0.3, -0.25) is 10.2 Å². The van der Waals surface area contributed by atoms with Crippen LogP contribution in [0.2, 0.25) is 0 Å². The van der Waals surface area contributed by atoms with Crippen molar-refractivity contribution in [3.8, 4) is 5.75 Å². The van der Waals surface area contributed by atoms with Crippen LogP contribution < -0.4 is 21.3 Å². The lowest BCUT2D eigenvalue weighted by atomic mass is 9.94. The number of nitrogens with two attached hydrogens (primary N) is 1. The first kappa shape index (κ1) is 17.3. The van der Waals surface area contributed by atoms with Crippen molar-refractivity contribution in [2.24, 2.45) is 5.84 Å². The molecule has 1 unspecified atom stereocenters. The Morgan fingerprint density at radius 1 is 0.963 bits per heavy atom. The summed E-state index contributed by atoms with van der Waals surface area (Å²) in [5, 5.41) is 3.65. The molecule has 0 bridgehead atoms. The smallest absolute Gasteiger partial charge is 0.265 e. The van der Waals surface area contributed by atoms with Gasteiger partial charge in [0, 0.05) is 17.7 Å². The molecule has 0 aliphatic carbocycles. The maximum Gasteiger partial charge on any atom is 0.265 e. The fourth-order valence-corrected chi connectivity index (χ4v) is 3.42. The summed E-state index contributed by atoms with van der Waals surface area (Å²) in [5.41, 5.74) is 7.30. The molecule has 1 aliphatic rings. The number of nitrogens with one attached hydrogen (secondary N) is 2. The lowest BCUT2D eigenvalue weighted by molar-refractivity contribution is 0.0953. The van der Waals surface area contributed by atoms with Crippen LogP contribution in [0, 0.1) is 0 Å². The average Bonchev–Trinajstić information content (AvgIpc) is 2.89. The standard InChI is InChI=1S/C22H21N3O2/c23-25-22(26)16-11-9-15(10-12-16)13-24-21-18-6-2-1-5-17(18)14-27-20-8-4-3-7-19(20)21/h1-12,21,24H,13-14,23H2,(H,25,26). The van der Waals surface area contributed by atoms with Crippen LogP contribution in [0.3, 0.4) is 0 Å². The van der Waals surface area contributed by atoms with Gasteiger partial charge in [0.1, 0.15) is 12.4 Å². The zero-order valence-electron chi connectivity index (χ0n) is 14.8. The Bertz CT molecular complexity index is 906. The molecule has 1 aliphatic heterocycles. The van der Waals surface area contributed by atoms with E-state index in [9.17, 15) is 4.79 Å². The van der Waals surface area contributed by atoms with E-state index in [1.54, 1.807) is 12.1 Å². The van der Waals surface area contributed by atoms with Crippen molar-refractivity contribution in [1.82, 2.24) is 10.7 Å². The first-order valence-corrected chi connectivity index (χ1v) is 8.89. The van der Waals surface area contributed by atoms with E-state index in [1.807, 2.05) is 36.4 Å². The molecule has 27 heavy (non-hydrogen) atoms. The first-order chi connectivity index (χ1) is 13.3. The van der Waals surface area contributed by atoms with Crippen molar-refractivity contribution >= 4 is 5.91 Å². The fourth-order valence-electron chi connectivity index (χ4n) is 3.42. The number of hydrazine groups is 1. The second-order valence-electron chi connectivity index (χ2n) is 6.51. The monoisotopic (exact) mass is 359 g/mol. The molecule has 5 nitrogen and oxygen atoms in total. The molecule has 4 N–H and O–H groups in total. The number of hydrogen-bond donors (Lipinski definition) is 3. The van der Waals surface area contributed by atoms with Crippen molar-refractivity contribution in [3.63, 3.8) is 0 Å². The lowest BCUT2D eigenvalue weighted by Gasteiger charge is -2.21. The Morgan fingerprint density at radius 3 is 2.44 bits per heavy atom. The molecule has 0 fully saturated rings. The van der Waals surface area contributed by atoms with Crippen LogP contribution in [0.25, 0.3) is 0 Å². The third kappa shape index (κ3) is 3.56. The number of benzene rings is 3. The molecule has 3 aromatic rings. The van der Waals surface area contributed by atoms with Gasteiger partial charge in [-0.2, -0.15) is 0 Å². The van der Waals surface area contributed by atoms with E-state index in [-0.39, 0.29) is 11.9 Å². The minimum absolute atomic E-state index is 0.0342. The molecule has 1 heterocycles. The molecule has 4 rings (SSSR count). The number of fused-ring (bicyclic) bond motifs is 2. The van der Waals surface area contributed by atoms with Gasteiger partial charge in [-0.15, -0.1) is 0 Å². The summed E-state index contributed by atoms with van der Waals surface area (Å²) in [6, 6.07) is 23.9. The zero-order chi connectivity index (χ0) is 18.6. The number of ether oxygens (including phenoxy) is 1. The number of rotatable bonds is 4. The first-order valence-electron chi connectivity index (χ1n) is 8.89. The van der Waals surface area contributed by atoms with Crippen LogP contribution in [0.1, 0.15) is 38.7 Å². The van der Waals surface area contributed by atoms with Crippen LogP contribution in [0.5, 0.6) is 5.75 Å². The molecule has 0 aromatic heterocycles. The van der Waals surface area contributed by atoms with E-state index >= 15 is 0 Å². The molecule has 1 amide bonds. The molecule has 0 radical (unpaired) electrons. The quantitative estimate of drug-likeness (QED) is 0.380. The Labute approximate surface area is 158 Å². The summed E-state index contributed by atoms with van der Waals surface area (Å²) in [6.07, 6.45) is 0. The largest absolute Gasteiger partial charge is 0.489 e. The summed E-state index contributed by atoms with van der Waals surface area (Å²) in [6.45, 7) is 1.23. The minimum Gasteiger partial charge on any atom is -0.489 e. The normalized spacial score (nSPS) is 15.1.